The van der Waals surface area contributed by atoms with Crippen LogP contribution in [0.15, 0.2) is 0 Å². The molecule has 1 unspecified atom stereocenters. The summed E-state index contributed by atoms with van der Waals surface area (Å²) in [6.45, 7) is 19.4. The molecule has 0 aromatic carbocycles. The van der Waals surface area contributed by atoms with Gasteiger partial charge in [0.05, 0.1) is 13.1 Å². The van der Waals surface area contributed by atoms with E-state index in [9.17, 15) is 0 Å². The van der Waals surface area contributed by atoms with E-state index in [0.29, 0.717) is 0 Å². The van der Waals surface area contributed by atoms with Crippen LogP contribution in [0, 0.1) is 5.92 Å². The molecule has 2 nitrogen and oxygen atoms in total. The lowest BCUT2D eigenvalue weighted by molar-refractivity contribution is -1.01. The predicted octanol–water partition coefficient (Wildman–Crippen LogP) is 2.80. The van der Waals surface area contributed by atoms with Gasteiger partial charge in [0, 0.05) is 12.5 Å². The first-order chi connectivity index (χ1) is 6.29. The standard InChI is InChI=1S/C12H29N2/c1-8-13-14(9-2,10-11(3)4)12(5,6)7/h11,13H,8-10H2,1-7H3/q+1. The quantitative estimate of drug-likeness (QED) is 0.533. The van der Waals surface area contributed by atoms with Crippen molar-refractivity contribution < 1.29 is 4.59 Å². The van der Waals surface area contributed by atoms with E-state index >= 15 is 0 Å². The molecule has 0 fully saturated rings. The van der Waals surface area contributed by atoms with Gasteiger partial charge in [0.2, 0.25) is 0 Å². The third-order valence-electron chi connectivity index (χ3n) is 2.96. The van der Waals surface area contributed by atoms with E-state index in [4.69, 9.17) is 0 Å². The maximum atomic E-state index is 3.65. The molecule has 86 valence electrons. The largest absolute Gasteiger partial charge is 0.242 e. The normalized spacial score (nSPS) is 17.1. The summed E-state index contributed by atoms with van der Waals surface area (Å²) in [6, 6.07) is 0. The van der Waals surface area contributed by atoms with Crippen LogP contribution in [0.25, 0.3) is 0 Å². The highest BCUT2D eigenvalue weighted by atomic mass is 15.7. The molecule has 1 N–H and O–H groups in total. The van der Waals surface area contributed by atoms with Gasteiger partial charge in [0.15, 0.2) is 0 Å². The van der Waals surface area contributed by atoms with E-state index in [1.165, 1.54) is 6.54 Å². The fraction of sp³-hybridized carbons (Fsp3) is 1.00. The second kappa shape index (κ2) is 5.13. The second-order valence-electron chi connectivity index (χ2n) is 5.54. The molecule has 0 aliphatic carbocycles. The summed E-state index contributed by atoms with van der Waals surface area (Å²) in [6.07, 6.45) is 0. The Bertz CT molecular complexity index is 158. The van der Waals surface area contributed by atoms with Crippen LogP contribution in [0.1, 0.15) is 48.5 Å². The van der Waals surface area contributed by atoms with Crippen molar-refractivity contribution in [3.63, 3.8) is 0 Å². The number of quaternary nitrogens is 1. The third-order valence-corrected chi connectivity index (χ3v) is 2.96. The Morgan fingerprint density at radius 2 is 1.64 bits per heavy atom. The van der Waals surface area contributed by atoms with Crippen LogP contribution in [0.3, 0.4) is 0 Å². The predicted molar refractivity (Wildman–Crippen MR) is 63.9 cm³/mol. The van der Waals surface area contributed by atoms with E-state index in [-0.39, 0.29) is 5.54 Å². The highest BCUT2D eigenvalue weighted by molar-refractivity contribution is 4.63. The molecule has 0 saturated heterocycles. The Morgan fingerprint density at radius 3 is 1.86 bits per heavy atom. The number of rotatable bonds is 5. The Morgan fingerprint density at radius 1 is 1.14 bits per heavy atom. The maximum absolute atomic E-state index is 3.65. The lowest BCUT2D eigenvalue weighted by atomic mass is 10.0. The zero-order valence-electron chi connectivity index (χ0n) is 11.1. The van der Waals surface area contributed by atoms with Crippen LogP contribution >= 0.6 is 0 Å². The van der Waals surface area contributed by atoms with E-state index in [1.54, 1.807) is 0 Å². The van der Waals surface area contributed by atoms with Crippen molar-refractivity contribution in [3.05, 3.63) is 0 Å². The molecule has 2 heteroatoms. The van der Waals surface area contributed by atoms with Gasteiger partial charge in [-0.2, -0.15) is 5.43 Å². The van der Waals surface area contributed by atoms with Crippen LogP contribution in [0.5, 0.6) is 0 Å². The number of hydrogen-bond donors (Lipinski definition) is 1. The molecule has 0 aromatic rings. The molecule has 0 radical (unpaired) electrons. The molecule has 0 aliphatic rings. The summed E-state index contributed by atoms with van der Waals surface area (Å²) < 4.78 is 1.02. The Balaban J connectivity index is 4.78. The fourth-order valence-corrected chi connectivity index (χ4v) is 2.22. The van der Waals surface area contributed by atoms with Crippen LogP contribution in [-0.4, -0.2) is 29.8 Å². The highest BCUT2D eigenvalue weighted by Gasteiger charge is 2.39. The molecule has 0 aromatic heterocycles. The molecular formula is C12H29N2+. The zero-order valence-corrected chi connectivity index (χ0v) is 11.1. The minimum Gasteiger partial charge on any atom is -0.242 e. The summed E-state index contributed by atoms with van der Waals surface area (Å²) in [4.78, 5) is 0. The summed E-state index contributed by atoms with van der Waals surface area (Å²) in [5.41, 5.74) is 3.93. The molecule has 0 spiro atoms. The van der Waals surface area contributed by atoms with Gasteiger partial charge in [-0.05, 0) is 34.6 Å². The first-order valence-corrected chi connectivity index (χ1v) is 5.91. The summed E-state index contributed by atoms with van der Waals surface area (Å²) in [7, 11) is 0. The molecule has 0 rings (SSSR count). The van der Waals surface area contributed by atoms with Crippen molar-refractivity contribution in [2.24, 2.45) is 5.92 Å². The smallest absolute Gasteiger partial charge is 0.108 e. The van der Waals surface area contributed by atoms with Crippen molar-refractivity contribution in [3.8, 4) is 0 Å². The number of hydrogen-bond acceptors (Lipinski definition) is 1. The fourth-order valence-electron chi connectivity index (χ4n) is 2.22. The average molecular weight is 201 g/mol. The van der Waals surface area contributed by atoms with Crippen molar-refractivity contribution in [2.45, 2.75) is 54.0 Å². The van der Waals surface area contributed by atoms with Crippen molar-refractivity contribution in [2.75, 3.05) is 19.6 Å². The molecule has 0 heterocycles. The van der Waals surface area contributed by atoms with E-state index < -0.39 is 0 Å². The SMILES string of the molecule is CCN[N+](CC)(CC(C)C)C(C)(C)C. The molecule has 0 amide bonds. The van der Waals surface area contributed by atoms with Crippen molar-refractivity contribution >= 4 is 0 Å². The summed E-state index contributed by atoms with van der Waals surface area (Å²) in [5, 5.41) is 0. The average Bonchev–Trinajstić information content (AvgIpc) is 2.00. The zero-order chi connectivity index (χ0) is 11.4. The van der Waals surface area contributed by atoms with Gasteiger partial charge in [-0.25, -0.2) is 4.59 Å². The Labute approximate surface area is 90.2 Å². The number of nitrogens with one attached hydrogen (secondary N) is 1. The van der Waals surface area contributed by atoms with E-state index in [0.717, 1.165) is 23.6 Å². The molecule has 0 aliphatic heterocycles. The lowest BCUT2D eigenvalue weighted by Gasteiger charge is -2.48. The molecule has 1 atom stereocenters. The molecule has 14 heavy (non-hydrogen) atoms. The minimum atomic E-state index is 0.273. The van der Waals surface area contributed by atoms with Gasteiger partial charge in [-0.1, -0.05) is 13.8 Å². The van der Waals surface area contributed by atoms with Crippen molar-refractivity contribution in [1.29, 1.82) is 0 Å². The summed E-state index contributed by atoms with van der Waals surface area (Å²) in [5.74, 6) is 0.730. The highest BCUT2D eigenvalue weighted by Crippen LogP contribution is 2.23. The van der Waals surface area contributed by atoms with Gasteiger partial charge in [-0.3, -0.25) is 0 Å². The topological polar surface area (TPSA) is 12.0 Å². The van der Waals surface area contributed by atoms with E-state index in [1.807, 2.05) is 0 Å². The Hall–Kier alpha value is -0.0800. The third kappa shape index (κ3) is 3.25. The second-order valence-corrected chi connectivity index (χ2v) is 5.54. The van der Waals surface area contributed by atoms with Gasteiger partial charge in [0.1, 0.15) is 5.54 Å². The molecular weight excluding hydrogens is 172 g/mol. The minimum absolute atomic E-state index is 0.273. The first kappa shape index (κ1) is 13.9. The maximum Gasteiger partial charge on any atom is 0.108 e. The number of nitrogens with zero attached hydrogens (tertiary/aromatic N) is 1. The van der Waals surface area contributed by atoms with Crippen LogP contribution in [0.2, 0.25) is 0 Å². The van der Waals surface area contributed by atoms with Crippen LogP contribution in [0.4, 0.5) is 0 Å². The van der Waals surface area contributed by atoms with Crippen molar-refractivity contribution in [1.82, 2.24) is 5.43 Å². The Kier molecular flexibility index (Phi) is 5.10. The van der Waals surface area contributed by atoms with Gasteiger partial charge in [0.25, 0.3) is 0 Å². The van der Waals surface area contributed by atoms with Gasteiger partial charge < -0.3 is 0 Å². The van der Waals surface area contributed by atoms with Gasteiger partial charge in [-0.15, -0.1) is 0 Å². The molecule has 0 saturated carbocycles. The van der Waals surface area contributed by atoms with Gasteiger partial charge >= 0.3 is 0 Å². The monoisotopic (exact) mass is 201 g/mol. The first-order valence-electron chi connectivity index (χ1n) is 5.91. The summed E-state index contributed by atoms with van der Waals surface area (Å²) >= 11 is 0. The van der Waals surface area contributed by atoms with Crippen LogP contribution in [-0.2, 0) is 0 Å². The lowest BCUT2D eigenvalue weighted by Crippen LogP contribution is -2.68. The van der Waals surface area contributed by atoms with Crippen LogP contribution < -0.4 is 5.43 Å². The van der Waals surface area contributed by atoms with E-state index in [2.05, 4.69) is 53.9 Å². The molecule has 0 bridgehead atoms.